The Morgan fingerprint density at radius 2 is 1.71 bits per heavy atom. The first-order valence-corrected chi connectivity index (χ1v) is 8.30. The lowest BCUT2D eigenvalue weighted by molar-refractivity contribution is -0.143. The first-order valence-electron chi connectivity index (χ1n) is 8.30. The summed E-state index contributed by atoms with van der Waals surface area (Å²) in [6.07, 6.45) is 9.09. The van der Waals surface area contributed by atoms with Gasteiger partial charge in [0, 0.05) is 12.6 Å². The summed E-state index contributed by atoms with van der Waals surface area (Å²) in [5.74, 6) is -1.28. The molecule has 1 saturated carbocycles. The Labute approximate surface area is 126 Å². The monoisotopic (exact) mass is 297 g/mol. The van der Waals surface area contributed by atoms with Crippen LogP contribution in [0.5, 0.6) is 0 Å². The third kappa shape index (κ3) is 5.30. The highest BCUT2D eigenvalue weighted by Gasteiger charge is 2.30. The molecule has 0 radical (unpaired) electrons. The molecule has 120 valence electrons. The number of nitrogens with one attached hydrogen (secondary N) is 1. The van der Waals surface area contributed by atoms with E-state index in [1.165, 1.54) is 0 Å². The summed E-state index contributed by atoms with van der Waals surface area (Å²) in [5.41, 5.74) is 0. The summed E-state index contributed by atoms with van der Waals surface area (Å²) in [6.45, 7) is 0.735. The molecule has 2 aliphatic rings. The quantitative estimate of drug-likeness (QED) is 0.836. The topological polar surface area (TPSA) is 75.6 Å². The van der Waals surface area contributed by atoms with Crippen molar-refractivity contribution < 1.29 is 19.4 Å². The molecular formula is C16H27NO4. The van der Waals surface area contributed by atoms with Gasteiger partial charge in [0.2, 0.25) is 5.91 Å². The Morgan fingerprint density at radius 3 is 2.38 bits per heavy atom. The highest BCUT2D eigenvalue weighted by atomic mass is 16.5. The van der Waals surface area contributed by atoms with E-state index in [-0.39, 0.29) is 18.1 Å². The fourth-order valence-corrected chi connectivity index (χ4v) is 3.39. The van der Waals surface area contributed by atoms with E-state index in [0.29, 0.717) is 12.8 Å². The predicted molar refractivity (Wildman–Crippen MR) is 79.0 cm³/mol. The van der Waals surface area contributed by atoms with Crippen LogP contribution in [0.15, 0.2) is 0 Å². The van der Waals surface area contributed by atoms with Crippen LogP contribution in [0.2, 0.25) is 0 Å². The lowest BCUT2D eigenvalue weighted by Gasteiger charge is -2.28. The minimum atomic E-state index is -0.781. The molecule has 0 aromatic carbocycles. The van der Waals surface area contributed by atoms with E-state index in [2.05, 4.69) is 5.32 Å². The maximum Gasteiger partial charge on any atom is 0.308 e. The van der Waals surface area contributed by atoms with Gasteiger partial charge in [-0.1, -0.05) is 25.7 Å². The molecule has 1 heterocycles. The Kier molecular flexibility index (Phi) is 6.49. The zero-order valence-electron chi connectivity index (χ0n) is 12.7. The van der Waals surface area contributed by atoms with Gasteiger partial charge in [0.25, 0.3) is 0 Å². The van der Waals surface area contributed by atoms with Crippen LogP contribution in [0, 0.1) is 5.92 Å². The van der Waals surface area contributed by atoms with Crippen molar-refractivity contribution in [1.29, 1.82) is 0 Å². The molecule has 21 heavy (non-hydrogen) atoms. The fraction of sp³-hybridized carbons (Fsp3) is 0.875. The van der Waals surface area contributed by atoms with Crippen molar-refractivity contribution in [3.05, 3.63) is 0 Å². The smallest absolute Gasteiger partial charge is 0.308 e. The van der Waals surface area contributed by atoms with Crippen molar-refractivity contribution in [2.45, 2.75) is 76.4 Å². The second-order valence-electron chi connectivity index (χ2n) is 6.30. The van der Waals surface area contributed by atoms with Crippen LogP contribution in [-0.2, 0) is 14.3 Å². The molecule has 3 unspecified atom stereocenters. The summed E-state index contributed by atoms with van der Waals surface area (Å²) in [5, 5.41) is 12.3. The molecule has 1 amide bonds. The number of hydrogen-bond donors (Lipinski definition) is 2. The van der Waals surface area contributed by atoms with Gasteiger partial charge in [0.15, 0.2) is 0 Å². The molecule has 0 aromatic rings. The van der Waals surface area contributed by atoms with Crippen LogP contribution in [-0.4, -0.2) is 35.7 Å². The molecule has 5 heteroatoms. The van der Waals surface area contributed by atoms with Crippen molar-refractivity contribution in [3.63, 3.8) is 0 Å². The van der Waals surface area contributed by atoms with Crippen LogP contribution in [0.25, 0.3) is 0 Å². The Bertz CT molecular complexity index is 352. The Balaban J connectivity index is 1.86. The largest absolute Gasteiger partial charge is 0.481 e. The third-order valence-corrected chi connectivity index (χ3v) is 4.62. The number of amides is 1. The van der Waals surface area contributed by atoms with Crippen molar-refractivity contribution in [2.75, 3.05) is 6.61 Å². The minimum Gasteiger partial charge on any atom is -0.481 e. The third-order valence-electron chi connectivity index (χ3n) is 4.62. The van der Waals surface area contributed by atoms with E-state index in [4.69, 9.17) is 4.74 Å². The fourth-order valence-electron chi connectivity index (χ4n) is 3.39. The number of carbonyl (C=O) groups is 2. The van der Waals surface area contributed by atoms with Crippen molar-refractivity contribution in [1.82, 2.24) is 5.32 Å². The summed E-state index contributed by atoms with van der Waals surface area (Å²) in [4.78, 5) is 23.6. The number of carboxylic acids is 1. The van der Waals surface area contributed by atoms with Crippen molar-refractivity contribution >= 4 is 11.9 Å². The van der Waals surface area contributed by atoms with E-state index in [1.54, 1.807) is 0 Å². The van der Waals surface area contributed by atoms with Crippen LogP contribution in [0.1, 0.15) is 64.2 Å². The van der Waals surface area contributed by atoms with Gasteiger partial charge in [-0.15, -0.1) is 0 Å². The Morgan fingerprint density at radius 1 is 1.00 bits per heavy atom. The summed E-state index contributed by atoms with van der Waals surface area (Å²) in [7, 11) is 0. The van der Waals surface area contributed by atoms with E-state index >= 15 is 0 Å². The van der Waals surface area contributed by atoms with Crippen LogP contribution in [0.3, 0.4) is 0 Å². The van der Waals surface area contributed by atoms with Crippen LogP contribution < -0.4 is 5.32 Å². The lowest BCUT2D eigenvalue weighted by Crippen LogP contribution is -2.45. The van der Waals surface area contributed by atoms with Gasteiger partial charge in [-0.3, -0.25) is 9.59 Å². The van der Waals surface area contributed by atoms with E-state index in [1.807, 2.05) is 0 Å². The first-order chi connectivity index (χ1) is 10.2. The predicted octanol–water partition coefficient (Wildman–Crippen LogP) is 2.49. The summed E-state index contributed by atoms with van der Waals surface area (Å²) < 4.78 is 5.58. The SMILES string of the molecule is O=C(CC1CCCCO1)NC1CCCCCCC1C(=O)O. The number of hydrogen-bond acceptors (Lipinski definition) is 3. The highest BCUT2D eigenvalue weighted by molar-refractivity contribution is 5.78. The average molecular weight is 297 g/mol. The molecule has 2 N–H and O–H groups in total. The standard InChI is InChI=1S/C16H27NO4/c18-15(11-12-7-5-6-10-21-12)17-14-9-4-2-1-3-8-13(14)16(19)20/h12-14H,1-11H2,(H,17,18)(H,19,20). The van der Waals surface area contributed by atoms with Gasteiger partial charge in [0.05, 0.1) is 18.4 Å². The number of carbonyl (C=O) groups excluding carboxylic acids is 1. The van der Waals surface area contributed by atoms with Crippen LogP contribution in [0.4, 0.5) is 0 Å². The molecule has 2 rings (SSSR count). The van der Waals surface area contributed by atoms with Gasteiger partial charge >= 0.3 is 5.97 Å². The second-order valence-corrected chi connectivity index (χ2v) is 6.30. The average Bonchev–Trinajstić information content (AvgIpc) is 2.42. The molecule has 0 spiro atoms. The lowest BCUT2D eigenvalue weighted by atomic mass is 9.86. The van der Waals surface area contributed by atoms with E-state index in [0.717, 1.165) is 58.0 Å². The molecule has 3 atom stereocenters. The summed E-state index contributed by atoms with van der Waals surface area (Å²) >= 11 is 0. The molecule has 1 aliphatic carbocycles. The molecule has 0 aromatic heterocycles. The molecule has 2 fully saturated rings. The van der Waals surface area contributed by atoms with Crippen molar-refractivity contribution in [2.24, 2.45) is 5.92 Å². The second kappa shape index (κ2) is 8.37. The minimum absolute atomic E-state index is 0.00980. The van der Waals surface area contributed by atoms with E-state index < -0.39 is 11.9 Å². The van der Waals surface area contributed by atoms with Gasteiger partial charge in [-0.2, -0.15) is 0 Å². The van der Waals surface area contributed by atoms with Gasteiger partial charge in [-0.05, 0) is 32.1 Å². The normalized spacial score (nSPS) is 31.0. The van der Waals surface area contributed by atoms with Gasteiger partial charge in [-0.25, -0.2) is 0 Å². The number of rotatable bonds is 4. The van der Waals surface area contributed by atoms with Gasteiger partial charge < -0.3 is 15.2 Å². The molecule has 0 bridgehead atoms. The highest BCUT2D eigenvalue weighted by Crippen LogP contribution is 2.24. The van der Waals surface area contributed by atoms with E-state index in [9.17, 15) is 14.7 Å². The molecule has 1 aliphatic heterocycles. The van der Waals surface area contributed by atoms with Crippen molar-refractivity contribution in [3.8, 4) is 0 Å². The van der Waals surface area contributed by atoms with Gasteiger partial charge in [0.1, 0.15) is 0 Å². The Hall–Kier alpha value is -1.10. The molecule has 5 nitrogen and oxygen atoms in total. The van der Waals surface area contributed by atoms with Crippen LogP contribution >= 0.6 is 0 Å². The maximum absolute atomic E-state index is 12.2. The number of ether oxygens (including phenoxy) is 1. The number of carboxylic acid groups (broad SMARTS) is 1. The zero-order chi connectivity index (χ0) is 15.1. The number of aliphatic carboxylic acids is 1. The first kappa shape index (κ1) is 16.3. The zero-order valence-corrected chi connectivity index (χ0v) is 12.7. The summed E-state index contributed by atoms with van der Waals surface area (Å²) in [6, 6.07) is -0.223. The molecule has 1 saturated heterocycles. The maximum atomic E-state index is 12.2. The molecular weight excluding hydrogens is 270 g/mol.